The molecule has 0 aliphatic carbocycles. The lowest BCUT2D eigenvalue weighted by Crippen LogP contribution is -2.24. The normalized spacial score (nSPS) is 11.5. The van der Waals surface area contributed by atoms with E-state index in [4.69, 9.17) is 0 Å². The van der Waals surface area contributed by atoms with E-state index in [1.807, 2.05) is 72.8 Å². The quantitative estimate of drug-likeness (QED) is 0.315. The molecule has 33 heavy (non-hydrogen) atoms. The number of rotatable bonds is 5. The summed E-state index contributed by atoms with van der Waals surface area (Å²) >= 11 is 1.12. The molecule has 0 spiro atoms. The second-order valence-electron chi connectivity index (χ2n) is 7.25. The summed E-state index contributed by atoms with van der Waals surface area (Å²) in [6.07, 6.45) is 0. The lowest BCUT2D eigenvalue weighted by Gasteiger charge is -2.02. The maximum Gasteiger partial charge on any atom is 0.271 e. The first-order valence-corrected chi connectivity index (χ1v) is 11.1. The average molecular weight is 451 g/mol. The van der Waals surface area contributed by atoms with E-state index < -0.39 is 0 Å². The highest BCUT2D eigenvalue weighted by Crippen LogP contribution is 2.19. The van der Waals surface area contributed by atoms with Crippen LogP contribution in [0.3, 0.4) is 0 Å². The Balaban J connectivity index is 1.53. The molecule has 0 unspecified atom stereocenters. The number of para-hydroxylation sites is 1. The summed E-state index contributed by atoms with van der Waals surface area (Å²) in [6.45, 7) is 0. The fraction of sp³-hybridized carbons (Fsp3) is 0. The number of benzene rings is 4. The van der Waals surface area contributed by atoms with Crippen molar-refractivity contribution in [3.05, 3.63) is 124 Å². The van der Waals surface area contributed by atoms with E-state index in [0.717, 1.165) is 27.8 Å². The van der Waals surface area contributed by atoms with Crippen molar-refractivity contribution in [1.29, 1.82) is 0 Å². The molecule has 4 aromatic carbocycles. The summed E-state index contributed by atoms with van der Waals surface area (Å²) < 4.78 is 1.56. The number of nitrogens with zero attached hydrogens (tertiary/aromatic N) is 3. The maximum absolute atomic E-state index is 13.3. The van der Waals surface area contributed by atoms with Gasteiger partial charge in [0.2, 0.25) is 10.6 Å². The molecule has 160 valence electrons. The molecule has 5 aromatic rings. The number of nitrogens with one attached hydrogen (secondary N) is 1. The molecule has 0 atom stereocenters. The van der Waals surface area contributed by atoms with E-state index in [1.54, 1.807) is 35.0 Å². The van der Waals surface area contributed by atoms with Crippen molar-refractivity contribution < 1.29 is 9.59 Å². The van der Waals surface area contributed by atoms with Gasteiger partial charge in [0.1, 0.15) is 0 Å². The summed E-state index contributed by atoms with van der Waals surface area (Å²) in [5.41, 5.74) is 4.34. The van der Waals surface area contributed by atoms with Crippen molar-refractivity contribution in [2.45, 2.75) is 0 Å². The maximum atomic E-state index is 13.3. The molecule has 0 saturated carbocycles. The largest absolute Gasteiger partial charge is 0.286 e. The number of hydrogen-bond acceptors (Lipinski definition) is 5. The van der Waals surface area contributed by atoms with Gasteiger partial charge in [0, 0.05) is 11.1 Å². The Bertz CT molecular complexity index is 1520. The van der Waals surface area contributed by atoms with Crippen LogP contribution in [-0.4, -0.2) is 21.5 Å². The SMILES string of the molecule is O=C(N/N=c1/sc(C(=O)c2ccc3ccccc3c2)nn1-c1ccccc1)c1ccccc1. The van der Waals surface area contributed by atoms with Crippen LogP contribution >= 0.6 is 11.3 Å². The molecule has 5 rings (SSSR count). The van der Waals surface area contributed by atoms with E-state index in [1.165, 1.54) is 0 Å². The fourth-order valence-corrected chi connectivity index (χ4v) is 4.22. The Hall–Kier alpha value is -4.36. The topological polar surface area (TPSA) is 76.3 Å². The molecule has 0 aliphatic rings. The third-order valence-corrected chi connectivity index (χ3v) is 5.96. The van der Waals surface area contributed by atoms with Crippen LogP contribution in [0.2, 0.25) is 0 Å². The zero-order valence-electron chi connectivity index (χ0n) is 17.4. The minimum absolute atomic E-state index is 0.203. The number of ketones is 1. The number of carbonyl (C=O) groups excluding carboxylic acids is 2. The molecular weight excluding hydrogens is 432 g/mol. The van der Waals surface area contributed by atoms with Gasteiger partial charge < -0.3 is 0 Å². The lowest BCUT2D eigenvalue weighted by atomic mass is 10.0. The van der Waals surface area contributed by atoms with Gasteiger partial charge in [-0.1, -0.05) is 84.1 Å². The molecule has 0 aliphatic heterocycles. The smallest absolute Gasteiger partial charge is 0.271 e. The Labute approximate surface area is 193 Å². The number of carbonyl (C=O) groups is 2. The van der Waals surface area contributed by atoms with E-state index in [2.05, 4.69) is 15.6 Å². The predicted octanol–water partition coefficient (Wildman–Crippen LogP) is 4.56. The zero-order valence-corrected chi connectivity index (χ0v) is 18.2. The summed E-state index contributed by atoms with van der Waals surface area (Å²) in [7, 11) is 0. The van der Waals surface area contributed by atoms with Gasteiger partial charge in [0.15, 0.2) is 5.01 Å². The van der Waals surface area contributed by atoms with Gasteiger partial charge in [-0.3, -0.25) is 9.59 Å². The van der Waals surface area contributed by atoms with Gasteiger partial charge >= 0.3 is 0 Å². The van der Waals surface area contributed by atoms with Crippen molar-refractivity contribution in [3.8, 4) is 5.69 Å². The lowest BCUT2D eigenvalue weighted by molar-refractivity contribution is 0.0952. The first kappa shape index (κ1) is 20.5. The Morgan fingerprint density at radius 2 is 1.42 bits per heavy atom. The molecule has 0 saturated heterocycles. The summed E-state index contributed by atoms with van der Waals surface area (Å²) in [6, 6.07) is 31.6. The molecule has 0 bridgehead atoms. The van der Waals surface area contributed by atoms with Crippen LogP contribution in [0.5, 0.6) is 0 Å². The van der Waals surface area contributed by atoms with Crippen LogP contribution in [0.15, 0.2) is 108 Å². The fourth-order valence-electron chi connectivity index (χ4n) is 3.39. The Morgan fingerprint density at radius 1 is 0.758 bits per heavy atom. The van der Waals surface area contributed by atoms with Gasteiger partial charge in [-0.25, -0.2) is 10.1 Å². The van der Waals surface area contributed by atoms with Crippen LogP contribution in [0, 0.1) is 0 Å². The van der Waals surface area contributed by atoms with Crippen LogP contribution < -0.4 is 10.2 Å². The van der Waals surface area contributed by atoms with Gasteiger partial charge in [-0.2, -0.15) is 5.10 Å². The molecule has 1 amide bonds. The van der Waals surface area contributed by atoms with Gasteiger partial charge in [-0.05, 0) is 41.1 Å². The van der Waals surface area contributed by atoms with Crippen LogP contribution in [0.4, 0.5) is 0 Å². The highest BCUT2D eigenvalue weighted by Gasteiger charge is 2.17. The molecule has 1 heterocycles. The molecule has 6 nitrogen and oxygen atoms in total. The first-order chi connectivity index (χ1) is 16.2. The Morgan fingerprint density at radius 3 is 2.18 bits per heavy atom. The number of aromatic nitrogens is 2. The van der Waals surface area contributed by atoms with Gasteiger partial charge in [0.05, 0.1) is 5.69 Å². The standard InChI is InChI=1S/C26H18N4O2S/c31-23(21-16-15-18-9-7-8-12-20(18)17-21)25-29-30(22-13-5-2-6-14-22)26(33-25)28-27-24(32)19-10-3-1-4-11-19/h1-17H,(H,27,32)/b28-26+. The van der Waals surface area contributed by atoms with E-state index >= 15 is 0 Å². The molecule has 1 N–H and O–H groups in total. The van der Waals surface area contributed by atoms with Crippen molar-refractivity contribution in [2.24, 2.45) is 5.10 Å². The van der Waals surface area contributed by atoms with Crippen molar-refractivity contribution in [1.82, 2.24) is 15.2 Å². The zero-order chi connectivity index (χ0) is 22.6. The van der Waals surface area contributed by atoms with Crippen molar-refractivity contribution >= 4 is 33.8 Å². The second-order valence-corrected chi connectivity index (χ2v) is 8.20. The minimum Gasteiger partial charge on any atom is -0.286 e. The third kappa shape index (κ3) is 4.35. The molecule has 1 aromatic heterocycles. The van der Waals surface area contributed by atoms with Crippen LogP contribution in [0.25, 0.3) is 16.5 Å². The number of hydrogen-bond donors (Lipinski definition) is 1. The Kier molecular flexibility index (Phi) is 5.61. The summed E-state index contributed by atoms with van der Waals surface area (Å²) in [5.74, 6) is -0.544. The van der Waals surface area contributed by atoms with Crippen molar-refractivity contribution in [3.63, 3.8) is 0 Å². The number of amides is 1. The predicted molar refractivity (Wildman–Crippen MR) is 128 cm³/mol. The van der Waals surface area contributed by atoms with E-state index in [0.29, 0.717) is 15.9 Å². The molecule has 0 fully saturated rings. The minimum atomic E-state index is -0.342. The van der Waals surface area contributed by atoms with Crippen molar-refractivity contribution in [2.75, 3.05) is 0 Å². The summed E-state index contributed by atoms with van der Waals surface area (Å²) in [4.78, 5) is 26.1. The molecule has 7 heteroatoms. The third-order valence-electron chi connectivity index (χ3n) is 5.06. The molecule has 0 radical (unpaired) electrons. The van der Waals surface area contributed by atoms with E-state index in [9.17, 15) is 9.59 Å². The van der Waals surface area contributed by atoms with Crippen LogP contribution in [-0.2, 0) is 0 Å². The second kappa shape index (κ2) is 9.02. The number of fused-ring (bicyclic) bond motifs is 1. The average Bonchev–Trinajstić information content (AvgIpc) is 3.32. The summed E-state index contributed by atoms with van der Waals surface area (Å²) in [5, 5.41) is 11.1. The highest BCUT2D eigenvalue weighted by atomic mass is 32.1. The first-order valence-electron chi connectivity index (χ1n) is 10.3. The molecular formula is C26H18N4O2S. The van der Waals surface area contributed by atoms with Gasteiger partial charge in [0.25, 0.3) is 5.91 Å². The highest BCUT2D eigenvalue weighted by molar-refractivity contribution is 7.11. The van der Waals surface area contributed by atoms with E-state index in [-0.39, 0.29) is 16.7 Å². The monoisotopic (exact) mass is 450 g/mol. The van der Waals surface area contributed by atoms with Crippen LogP contribution in [0.1, 0.15) is 25.7 Å². The van der Waals surface area contributed by atoms with Gasteiger partial charge in [-0.15, -0.1) is 5.10 Å².